The second kappa shape index (κ2) is 9.71. The number of imide groups is 1. The van der Waals surface area contributed by atoms with E-state index in [4.69, 9.17) is 16.3 Å². The SMILES string of the molecule is C[C@H]1C(=O)N(CC(=O)Nc2ccc(S(=O)(=O)N3CCOCC3)cc2)C(=O)N1c1ccc(Cl)cc1. The molecule has 2 saturated heterocycles. The molecule has 0 spiro atoms. The van der Waals surface area contributed by atoms with Gasteiger partial charge in [-0.25, -0.2) is 13.2 Å². The standard InChI is InChI=1S/C22H23ClN4O6S/c1-15-21(29)26(22(30)27(15)18-6-2-16(23)3-7-18)14-20(28)24-17-4-8-19(9-5-17)34(31,32)25-10-12-33-13-11-25/h2-9,15H,10-14H2,1H3,(H,24,28)/t15-/m0/s1. The summed E-state index contributed by atoms with van der Waals surface area (Å²) in [6, 6.07) is 10.8. The van der Waals surface area contributed by atoms with Gasteiger partial charge in [-0.2, -0.15) is 4.31 Å². The molecule has 2 aromatic rings. The van der Waals surface area contributed by atoms with Crippen molar-refractivity contribution in [2.75, 3.05) is 43.1 Å². The summed E-state index contributed by atoms with van der Waals surface area (Å²) in [5.41, 5.74) is 0.836. The van der Waals surface area contributed by atoms with Crippen molar-refractivity contribution >= 4 is 50.8 Å². The molecule has 180 valence electrons. The van der Waals surface area contributed by atoms with Crippen LogP contribution in [0.5, 0.6) is 0 Å². The van der Waals surface area contributed by atoms with E-state index in [0.29, 0.717) is 29.6 Å². The summed E-state index contributed by atoms with van der Waals surface area (Å²) in [4.78, 5) is 40.3. The lowest BCUT2D eigenvalue weighted by Gasteiger charge is -2.26. The van der Waals surface area contributed by atoms with E-state index in [1.807, 2.05) is 0 Å². The number of sulfonamides is 1. The van der Waals surface area contributed by atoms with E-state index in [0.717, 1.165) is 4.90 Å². The summed E-state index contributed by atoms with van der Waals surface area (Å²) >= 11 is 5.89. The second-order valence-corrected chi connectivity index (χ2v) is 10.2. The van der Waals surface area contributed by atoms with Crippen molar-refractivity contribution < 1.29 is 27.5 Å². The number of urea groups is 1. The van der Waals surface area contributed by atoms with E-state index in [-0.39, 0.29) is 18.0 Å². The molecular weight excluding hydrogens is 484 g/mol. The summed E-state index contributed by atoms with van der Waals surface area (Å²) in [6.07, 6.45) is 0. The maximum atomic E-state index is 12.8. The fraction of sp³-hybridized carbons (Fsp3) is 0.318. The number of anilines is 2. The van der Waals surface area contributed by atoms with E-state index in [1.165, 1.54) is 33.5 Å². The lowest BCUT2D eigenvalue weighted by molar-refractivity contribution is -0.130. The molecule has 34 heavy (non-hydrogen) atoms. The van der Waals surface area contributed by atoms with Gasteiger partial charge in [-0.1, -0.05) is 11.6 Å². The number of amides is 4. The zero-order valence-corrected chi connectivity index (χ0v) is 19.9. The maximum Gasteiger partial charge on any atom is 0.332 e. The molecule has 2 heterocycles. The molecule has 4 amide bonds. The molecule has 2 aromatic carbocycles. The summed E-state index contributed by atoms with van der Waals surface area (Å²) in [5.74, 6) is -1.09. The van der Waals surface area contributed by atoms with Crippen molar-refractivity contribution in [2.45, 2.75) is 17.9 Å². The van der Waals surface area contributed by atoms with Crippen molar-refractivity contribution in [1.29, 1.82) is 0 Å². The third-order valence-corrected chi connectivity index (χ3v) is 7.76. The average Bonchev–Trinajstić information content (AvgIpc) is 3.04. The molecular formula is C22H23ClN4O6S. The molecule has 2 fully saturated rings. The minimum Gasteiger partial charge on any atom is -0.379 e. The van der Waals surface area contributed by atoms with Crippen LogP contribution in [0.25, 0.3) is 0 Å². The number of carbonyl (C=O) groups is 3. The largest absolute Gasteiger partial charge is 0.379 e. The van der Waals surface area contributed by atoms with Crippen LogP contribution in [0, 0.1) is 0 Å². The third-order valence-electron chi connectivity index (χ3n) is 5.60. The topological polar surface area (TPSA) is 116 Å². The number of hydrogen-bond donors (Lipinski definition) is 1. The van der Waals surface area contributed by atoms with Crippen molar-refractivity contribution in [1.82, 2.24) is 9.21 Å². The molecule has 0 radical (unpaired) electrons. The Bertz CT molecular complexity index is 1200. The Morgan fingerprint density at radius 3 is 2.29 bits per heavy atom. The second-order valence-electron chi connectivity index (χ2n) is 7.82. The summed E-state index contributed by atoms with van der Waals surface area (Å²) in [5, 5.41) is 3.09. The van der Waals surface area contributed by atoms with Crippen molar-refractivity contribution in [3.8, 4) is 0 Å². The van der Waals surface area contributed by atoms with Crippen LogP contribution in [0.2, 0.25) is 5.02 Å². The first kappa shape index (κ1) is 24.1. The molecule has 2 aliphatic rings. The lowest BCUT2D eigenvalue weighted by Crippen LogP contribution is -2.40. The number of morpholine rings is 1. The minimum absolute atomic E-state index is 0.102. The predicted octanol–water partition coefficient (Wildman–Crippen LogP) is 2.16. The zero-order chi connectivity index (χ0) is 24.5. The molecule has 4 rings (SSSR count). The summed E-state index contributed by atoms with van der Waals surface area (Å²) in [6.45, 7) is 2.36. The van der Waals surface area contributed by atoms with Gasteiger partial charge in [0.1, 0.15) is 12.6 Å². The Morgan fingerprint density at radius 2 is 1.68 bits per heavy atom. The zero-order valence-electron chi connectivity index (χ0n) is 18.3. The third kappa shape index (κ3) is 4.78. The highest BCUT2D eigenvalue weighted by molar-refractivity contribution is 7.89. The first-order valence-electron chi connectivity index (χ1n) is 10.6. The van der Waals surface area contributed by atoms with E-state index in [9.17, 15) is 22.8 Å². The summed E-state index contributed by atoms with van der Waals surface area (Å²) in [7, 11) is -3.65. The quantitative estimate of drug-likeness (QED) is 0.600. The Balaban J connectivity index is 1.41. The van der Waals surface area contributed by atoms with Gasteiger partial charge >= 0.3 is 6.03 Å². The molecule has 1 N–H and O–H groups in total. The molecule has 12 heteroatoms. The maximum absolute atomic E-state index is 12.8. The van der Waals surface area contributed by atoms with Crippen LogP contribution in [-0.4, -0.2) is 74.4 Å². The number of benzene rings is 2. The Kier molecular flexibility index (Phi) is 6.89. The molecule has 2 aliphatic heterocycles. The average molecular weight is 507 g/mol. The van der Waals surface area contributed by atoms with Crippen LogP contribution >= 0.6 is 11.6 Å². The van der Waals surface area contributed by atoms with Crippen LogP contribution in [0.1, 0.15) is 6.92 Å². The van der Waals surface area contributed by atoms with Crippen molar-refractivity contribution in [2.24, 2.45) is 0 Å². The fourth-order valence-electron chi connectivity index (χ4n) is 3.80. The number of hydrogen-bond acceptors (Lipinski definition) is 6. The Labute approximate surface area is 202 Å². The molecule has 0 aliphatic carbocycles. The van der Waals surface area contributed by atoms with Gasteiger partial charge in [0.05, 0.1) is 18.1 Å². The first-order chi connectivity index (χ1) is 16.2. The van der Waals surface area contributed by atoms with E-state index >= 15 is 0 Å². The molecule has 0 bridgehead atoms. The molecule has 1 atom stereocenters. The van der Waals surface area contributed by atoms with Crippen LogP contribution in [0.15, 0.2) is 53.4 Å². The van der Waals surface area contributed by atoms with E-state index < -0.39 is 40.5 Å². The number of nitrogens with one attached hydrogen (secondary N) is 1. The first-order valence-corrected chi connectivity index (χ1v) is 12.4. The number of ether oxygens (including phenoxy) is 1. The molecule has 0 unspecified atom stereocenters. The van der Waals surface area contributed by atoms with Crippen LogP contribution in [0.3, 0.4) is 0 Å². The normalized spacial score (nSPS) is 19.5. The highest BCUT2D eigenvalue weighted by Crippen LogP contribution is 2.27. The van der Waals surface area contributed by atoms with Gasteiger partial charge in [-0.3, -0.25) is 19.4 Å². The highest BCUT2D eigenvalue weighted by Gasteiger charge is 2.44. The van der Waals surface area contributed by atoms with Gasteiger partial charge in [-0.15, -0.1) is 0 Å². The molecule has 10 nitrogen and oxygen atoms in total. The van der Waals surface area contributed by atoms with E-state index in [2.05, 4.69) is 5.32 Å². The van der Waals surface area contributed by atoms with Gasteiger partial charge in [0, 0.05) is 29.5 Å². The highest BCUT2D eigenvalue weighted by atomic mass is 35.5. The molecule has 0 aromatic heterocycles. The molecule has 0 saturated carbocycles. The van der Waals surface area contributed by atoms with Gasteiger partial charge in [0.15, 0.2) is 0 Å². The Morgan fingerprint density at radius 1 is 1.06 bits per heavy atom. The number of halogens is 1. The lowest BCUT2D eigenvalue weighted by atomic mass is 10.2. The van der Waals surface area contributed by atoms with Crippen LogP contribution in [-0.2, 0) is 24.3 Å². The monoisotopic (exact) mass is 506 g/mol. The smallest absolute Gasteiger partial charge is 0.332 e. The summed E-state index contributed by atoms with van der Waals surface area (Å²) < 4.78 is 32.0. The fourth-order valence-corrected chi connectivity index (χ4v) is 5.33. The number of rotatable bonds is 6. The Hall–Kier alpha value is -2.99. The minimum atomic E-state index is -3.65. The van der Waals surface area contributed by atoms with Gasteiger partial charge < -0.3 is 10.1 Å². The van der Waals surface area contributed by atoms with Crippen LogP contribution < -0.4 is 10.2 Å². The number of carbonyl (C=O) groups excluding carboxylic acids is 3. The van der Waals surface area contributed by atoms with E-state index in [1.54, 1.807) is 31.2 Å². The van der Waals surface area contributed by atoms with Gasteiger partial charge in [0.2, 0.25) is 15.9 Å². The van der Waals surface area contributed by atoms with Crippen molar-refractivity contribution in [3.63, 3.8) is 0 Å². The van der Waals surface area contributed by atoms with Crippen LogP contribution in [0.4, 0.5) is 16.2 Å². The van der Waals surface area contributed by atoms with Gasteiger partial charge in [-0.05, 0) is 55.5 Å². The van der Waals surface area contributed by atoms with Crippen molar-refractivity contribution in [3.05, 3.63) is 53.6 Å². The van der Waals surface area contributed by atoms with Gasteiger partial charge in [0.25, 0.3) is 5.91 Å². The predicted molar refractivity (Wildman–Crippen MR) is 125 cm³/mol. The number of nitrogens with zero attached hydrogens (tertiary/aromatic N) is 3.